The van der Waals surface area contributed by atoms with Gasteiger partial charge >= 0.3 is 0 Å². The van der Waals surface area contributed by atoms with Crippen LogP contribution in [0, 0.1) is 0 Å². The van der Waals surface area contributed by atoms with Crippen molar-refractivity contribution in [1.82, 2.24) is 0 Å². The maximum Gasteiger partial charge on any atom is 0.179 e. The Labute approximate surface area is 372 Å². The van der Waals surface area contributed by atoms with Crippen LogP contribution < -0.4 is 25.6 Å². The van der Waals surface area contributed by atoms with Gasteiger partial charge < -0.3 is 13.7 Å². The summed E-state index contributed by atoms with van der Waals surface area (Å²) >= 11 is 0. The molecule has 0 radical (unpaired) electrons. The fraction of sp³-hybridized carbons (Fsp3) is 0. The van der Waals surface area contributed by atoms with Gasteiger partial charge in [0.05, 0.1) is 11.4 Å². The van der Waals surface area contributed by atoms with Crippen molar-refractivity contribution in [3.63, 3.8) is 0 Å². The first-order valence-corrected chi connectivity index (χ1v) is 23.8. The standard InChI is InChI=1S/C60H41NO2Si/c1-5-17-44(18-6-1)51-26-15-27-54-55-28-16-29-56(60(55)63-59(51)54)61(46-37-40-53-52-25-13-14-30-57(52)62-58(53)41-46)45-35-31-42(32-36-45)43-33-38-50(39-34-43)64(47-19-7-2-8-20-47,48-21-9-3-10-22-48)49-23-11-4-12-24-49/h1-41H. The van der Waals surface area contributed by atoms with Gasteiger partial charge in [-0.2, -0.15) is 0 Å². The number of para-hydroxylation sites is 3. The molecule has 2 aromatic heterocycles. The van der Waals surface area contributed by atoms with Crippen molar-refractivity contribution < 1.29 is 8.83 Å². The van der Waals surface area contributed by atoms with Crippen LogP contribution in [0.5, 0.6) is 0 Å². The lowest BCUT2D eigenvalue weighted by Gasteiger charge is -2.34. The van der Waals surface area contributed by atoms with Crippen molar-refractivity contribution in [2.24, 2.45) is 0 Å². The summed E-state index contributed by atoms with van der Waals surface area (Å²) in [6.07, 6.45) is 0. The minimum absolute atomic E-state index is 0.827. The Morgan fingerprint density at radius 2 is 0.781 bits per heavy atom. The Bertz CT molecular complexity index is 3490. The van der Waals surface area contributed by atoms with Crippen molar-refractivity contribution >= 4 is 89.8 Å². The van der Waals surface area contributed by atoms with Crippen LogP contribution in [0.2, 0.25) is 0 Å². The van der Waals surface area contributed by atoms with Crippen molar-refractivity contribution in [3.05, 3.63) is 249 Å². The summed E-state index contributed by atoms with van der Waals surface area (Å²) in [5.41, 5.74) is 10.9. The second-order valence-corrected chi connectivity index (χ2v) is 20.2. The van der Waals surface area contributed by atoms with E-state index in [0.29, 0.717) is 0 Å². The van der Waals surface area contributed by atoms with Gasteiger partial charge in [-0.25, -0.2) is 0 Å². The molecular formula is C60H41NO2Si. The fourth-order valence-electron chi connectivity index (χ4n) is 9.89. The maximum atomic E-state index is 6.99. The van der Waals surface area contributed by atoms with E-state index in [1.807, 2.05) is 18.2 Å². The molecule has 12 aromatic rings. The monoisotopic (exact) mass is 835 g/mol. The van der Waals surface area contributed by atoms with E-state index in [1.165, 1.54) is 20.7 Å². The van der Waals surface area contributed by atoms with Crippen LogP contribution in [0.15, 0.2) is 258 Å². The predicted molar refractivity (Wildman–Crippen MR) is 270 cm³/mol. The minimum Gasteiger partial charge on any atom is -0.456 e. The van der Waals surface area contributed by atoms with Crippen LogP contribution in [0.25, 0.3) is 66.1 Å². The first kappa shape index (κ1) is 37.6. The Morgan fingerprint density at radius 1 is 0.297 bits per heavy atom. The summed E-state index contributed by atoms with van der Waals surface area (Å²) in [5.74, 6) is 0. The Balaban J connectivity index is 0.986. The molecule has 3 nitrogen and oxygen atoms in total. The lowest BCUT2D eigenvalue weighted by atomic mass is 10.0. The van der Waals surface area contributed by atoms with Gasteiger partial charge in [0.25, 0.3) is 0 Å². The van der Waals surface area contributed by atoms with E-state index in [-0.39, 0.29) is 0 Å². The molecule has 0 spiro atoms. The van der Waals surface area contributed by atoms with Gasteiger partial charge in [0.1, 0.15) is 16.7 Å². The second kappa shape index (κ2) is 15.6. The molecule has 0 atom stereocenters. The van der Waals surface area contributed by atoms with E-state index in [0.717, 1.165) is 83.2 Å². The lowest BCUT2D eigenvalue weighted by Crippen LogP contribution is -2.74. The van der Waals surface area contributed by atoms with Gasteiger partial charge in [-0.3, -0.25) is 0 Å². The predicted octanol–water partition coefficient (Wildman–Crippen LogP) is 13.7. The number of nitrogens with zero attached hydrogens (tertiary/aromatic N) is 1. The zero-order valence-corrected chi connectivity index (χ0v) is 35.9. The molecular weight excluding hydrogens is 795 g/mol. The average molecular weight is 836 g/mol. The molecule has 0 saturated carbocycles. The third-order valence-electron chi connectivity index (χ3n) is 12.8. The molecule has 0 aliphatic rings. The van der Waals surface area contributed by atoms with Crippen LogP contribution in [-0.4, -0.2) is 8.07 Å². The van der Waals surface area contributed by atoms with Crippen LogP contribution in [0.1, 0.15) is 0 Å². The highest BCUT2D eigenvalue weighted by molar-refractivity contribution is 7.19. The van der Waals surface area contributed by atoms with E-state index >= 15 is 0 Å². The van der Waals surface area contributed by atoms with E-state index in [4.69, 9.17) is 8.83 Å². The second-order valence-electron chi connectivity index (χ2n) is 16.4. The van der Waals surface area contributed by atoms with E-state index < -0.39 is 8.07 Å². The zero-order chi connectivity index (χ0) is 42.5. The third kappa shape index (κ3) is 6.18. The zero-order valence-electron chi connectivity index (χ0n) is 34.9. The van der Waals surface area contributed by atoms with Gasteiger partial charge in [0, 0.05) is 38.9 Å². The number of fused-ring (bicyclic) bond motifs is 6. The number of anilines is 3. The van der Waals surface area contributed by atoms with Crippen molar-refractivity contribution in [1.29, 1.82) is 0 Å². The van der Waals surface area contributed by atoms with Crippen LogP contribution in [0.3, 0.4) is 0 Å². The fourth-order valence-corrected chi connectivity index (χ4v) is 14.6. The van der Waals surface area contributed by atoms with Crippen LogP contribution in [0.4, 0.5) is 17.1 Å². The molecule has 302 valence electrons. The number of furan rings is 2. The molecule has 0 aliphatic carbocycles. The molecule has 0 saturated heterocycles. The van der Waals surface area contributed by atoms with E-state index in [1.54, 1.807) is 0 Å². The molecule has 0 bridgehead atoms. The van der Waals surface area contributed by atoms with Gasteiger partial charge in [-0.15, -0.1) is 0 Å². The topological polar surface area (TPSA) is 29.5 Å². The summed E-state index contributed by atoms with van der Waals surface area (Å²) in [6.45, 7) is 0. The molecule has 64 heavy (non-hydrogen) atoms. The summed E-state index contributed by atoms with van der Waals surface area (Å²) in [4.78, 5) is 2.30. The first-order chi connectivity index (χ1) is 31.7. The summed E-state index contributed by atoms with van der Waals surface area (Å²) in [5, 5.41) is 9.78. The minimum atomic E-state index is -2.63. The highest BCUT2D eigenvalue weighted by Gasteiger charge is 2.41. The van der Waals surface area contributed by atoms with Gasteiger partial charge in [0.2, 0.25) is 0 Å². The normalized spacial score (nSPS) is 11.8. The Hall–Kier alpha value is -8.18. The number of hydrogen-bond acceptors (Lipinski definition) is 3. The summed E-state index contributed by atoms with van der Waals surface area (Å²) in [7, 11) is -2.63. The smallest absolute Gasteiger partial charge is 0.179 e. The largest absolute Gasteiger partial charge is 0.456 e. The Morgan fingerprint density at radius 3 is 1.42 bits per heavy atom. The highest BCUT2D eigenvalue weighted by Crippen LogP contribution is 2.45. The quantitative estimate of drug-likeness (QED) is 0.107. The van der Waals surface area contributed by atoms with Crippen LogP contribution >= 0.6 is 0 Å². The van der Waals surface area contributed by atoms with E-state index in [2.05, 4.69) is 235 Å². The molecule has 10 aromatic carbocycles. The van der Waals surface area contributed by atoms with Crippen molar-refractivity contribution in [3.8, 4) is 22.3 Å². The summed E-state index contributed by atoms with van der Waals surface area (Å²) in [6, 6.07) is 89.6. The Kier molecular flexibility index (Phi) is 9.17. The van der Waals surface area contributed by atoms with Gasteiger partial charge in [-0.05, 0) is 73.8 Å². The van der Waals surface area contributed by atoms with Gasteiger partial charge in [0.15, 0.2) is 13.7 Å². The molecule has 12 rings (SSSR count). The summed E-state index contributed by atoms with van der Waals surface area (Å²) < 4.78 is 13.5. The molecule has 0 N–H and O–H groups in total. The number of hydrogen-bond donors (Lipinski definition) is 0. The lowest BCUT2D eigenvalue weighted by molar-refractivity contribution is 0.668. The molecule has 0 fully saturated rings. The maximum absolute atomic E-state index is 6.99. The number of rotatable bonds is 9. The average Bonchev–Trinajstić information content (AvgIpc) is 3.95. The molecule has 0 aliphatic heterocycles. The van der Waals surface area contributed by atoms with Crippen LogP contribution in [-0.2, 0) is 0 Å². The SMILES string of the molecule is c1ccc(-c2cccc3c2oc2c(N(c4ccc(-c5ccc([Si](c6ccccc6)(c6ccccc6)c6ccccc6)cc5)cc4)c4ccc5c(c4)oc4ccccc45)cccc23)cc1. The first-order valence-electron chi connectivity index (χ1n) is 21.8. The molecule has 4 heteroatoms. The number of benzene rings is 10. The van der Waals surface area contributed by atoms with Crippen molar-refractivity contribution in [2.45, 2.75) is 0 Å². The highest BCUT2D eigenvalue weighted by atomic mass is 28.3. The molecule has 2 heterocycles. The van der Waals surface area contributed by atoms with Gasteiger partial charge in [-0.1, -0.05) is 206 Å². The third-order valence-corrected chi connectivity index (χ3v) is 17.6. The molecule has 0 amide bonds. The molecule has 0 unspecified atom stereocenters. The van der Waals surface area contributed by atoms with Crippen molar-refractivity contribution in [2.75, 3.05) is 4.90 Å². The van der Waals surface area contributed by atoms with E-state index in [9.17, 15) is 0 Å².